The van der Waals surface area contributed by atoms with Gasteiger partial charge in [-0.05, 0) is 31.5 Å². The molecule has 2 rings (SSSR count). The molecule has 2 heteroatoms. The number of ketones is 1. The second-order valence-corrected chi connectivity index (χ2v) is 4.83. The molecular weight excluding hydrogens is 246 g/mol. The standard InChI is InChI=1S/C18H19NO/c1-14-8-10-16(11-9-14)5-4-12-19-18-7-3-6-17(13-18)15(2)20/h3-11,13,19H,12H2,1-2H3/b5-4+. The Morgan fingerprint density at radius 1 is 1.15 bits per heavy atom. The first-order chi connectivity index (χ1) is 9.65. The molecule has 0 fully saturated rings. The van der Waals surface area contributed by atoms with Crippen LogP contribution in [-0.2, 0) is 0 Å². The van der Waals surface area contributed by atoms with Crippen LogP contribution in [0.2, 0.25) is 0 Å². The van der Waals surface area contributed by atoms with Crippen molar-refractivity contribution in [3.05, 3.63) is 71.3 Å². The summed E-state index contributed by atoms with van der Waals surface area (Å²) < 4.78 is 0. The number of anilines is 1. The Bertz CT molecular complexity index is 612. The number of rotatable bonds is 5. The molecule has 0 spiro atoms. The predicted octanol–water partition coefficient (Wildman–Crippen LogP) is 4.32. The van der Waals surface area contributed by atoms with E-state index in [2.05, 4.69) is 48.7 Å². The number of carbonyl (C=O) groups excluding carboxylic acids is 1. The molecule has 0 radical (unpaired) electrons. The third kappa shape index (κ3) is 4.09. The fourth-order valence-electron chi connectivity index (χ4n) is 1.90. The van der Waals surface area contributed by atoms with Gasteiger partial charge in [0.05, 0.1) is 0 Å². The highest BCUT2D eigenvalue weighted by molar-refractivity contribution is 5.94. The van der Waals surface area contributed by atoms with E-state index in [9.17, 15) is 4.79 Å². The van der Waals surface area contributed by atoms with Crippen molar-refractivity contribution in [1.82, 2.24) is 0 Å². The van der Waals surface area contributed by atoms with E-state index in [1.807, 2.05) is 24.3 Å². The summed E-state index contributed by atoms with van der Waals surface area (Å²) in [6, 6.07) is 16.0. The monoisotopic (exact) mass is 265 g/mol. The van der Waals surface area contributed by atoms with Crippen molar-refractivity contribution in [2.75, 3.05) is 11.9 Å². The van der Waals surface area contributed by atoms with Crippen LogP contribution in [0.1, 0.15) is 28.4 Å². The Labute approximate surface area is 120 Å². The Morgan fingerprint density at radius 2 is 1.90 bits per heavy atom. The van der Waals surface area contributed by atoms with Gasteiger partial charge in [0.1, 0.15) is 0 Å². The summed E-state index contributed by atoms with van der Waals surface area (Å²) in [6.45, 7) is 4.39. The normalized spacial score (nSPS) is 10.7. The summed E-state index contributed by atoms with van der Waals surface area (Å²) in [4.78, 5) is 11.3. The predicted molar refractivity (Wildman–Crippen MR) is 85.1 cm³/mol. The summed E-state index contributed by atoms with van der Waals surface area (Å²) in [5.74, 6) is 0.0869. The van der Waals surface area contributed by atoms with Crippen LogP contribution < -0.4 is 5.32 Å². The smallest absolute Gasteiger partial charge is 0.159 e. The molecule has 0 aliphatic carbocycles. The van der Waals surface area contributed by atoms with Crippen LogP contribution in [0.5, 0.6) is 0 Å². The summed E-state index contributed by atoms with van der Waals surface area (Å²) >= 11 is 0. The van der Waals surface area contributed by atoms with E-state index in [1.54, 1.807) is 6.92 Å². The van der Waals surface area contributed by atoms with Gasteiger partial charge in [0.25, 0.3) is 0 Å². The number of hydrogen-bond donors (Lipinski definition) is 1. The number of Topliss-reactive ketones (excluding diaryl/α,β-unsaturated/α-hetero) is 1. The van der Waals surface area contributed by atoms with Crippen LogP contribution in [0.25, 0.3) is 6.08 Å². The van der Waals surface area contributed by atoms with E-state index in [0.717, 1.165) is 17.8 Å². The molecule has 0 bridgehead atoms. The molecule has 2 nitrogen and oxygen atoms in total. The minimum atomic E-state index is 0.0869. The first-order valence-corrected chi connectivity index (χ1v) is 6.73. The lowest BCUT2D eigenvalue weighted by Gasteiger charge is -2.04. The zero-order chi connectivity index (χ0) is 14.4. The molecule has 1 N–H and O–H groups in total. The fraction of sp³-hybridized carbons (Fsp3) is 0.167. The average Bonchev–Trinajstić information content (AvgIpc) is 2.46. The van der Waals surface area contributed by atoms with Gasteiger partial charge in [-0.3, -0.25) is 4.79 Å². The molecule has 0 aromatic heterocycles. The zero-order valence-electron chi connectivity index (χ0n) is 11.9. The molecular formula is C18H19NO. The van der Waals surface area contributed by atoms with Crippen molar-refractivity contribution in [1.29, 1.82) is 0 Å². The van der Waals surface area contributed by atoms with Crippen molar-refractivity contribution >= 4 is 17.5 Å². The maximum absolute atomic E-state index is 11.3. The first-order valence-electron chi connectivity index (χ1n) is 6.73. The summed E-state index contributed by atoms with van der Waals surface area (Å²) in [5.41, 5.74) is 4.15. The second kappa shape index (κ2) is 6.71. The highest BCUT2D eigenvalue weighted by atomic mass is 16.1. The molecule has 0 aliphatic rings. The van der Waals surface area contributed by atoms with Gasteiger partial charge >= 0.3 is 0 Å². The number of carbonyl (C=O) groups is 1. The zero-order valence-corrected chi connectivity index (χ0v) is 11.9. The molecule has 20 heavy (non-hydrogen) atoms. The van der Waals surface area contributed by atoms with E-state index in [0.29, 0.717) is 0 Å². The first kappa shape index (κ1) is 14.1. The molecule has 0 heterocycles. The summed E-state index contributed by atoms with van der Waals surface area (Å²) in [7, 11) is 0. The molecule has 2 aromatic rings. The summed E-state index contributed by atoms with van der Waals surface area (Å²) in [6.07, 6.45) is 4.16. The third-order valence-electron chi connectivity index (χ3n) is 3.08. The number of nitrogens with one attached hydrogen (secondary N) is 1. The quantitative estimate of drug-likeness (QED) is 0.816. The fourth-order valence-corrected chi connectivity index (χ4v) is 1.90. The van der Waals surface area contributed by atoms with Crippen LogP contribution >= 0.6 is 0 Å². The van der Waals surface area contributed by atoms with Gasteiger partial charge in [-0.2, -0.15) is 0 Å². The van der Waals surface area contributed by atoms with Gasteiger partial charge in [0.15, 0.2) is 5.78 Å². The SMILES string of the molecule is CC(=O)c1cccc(NC/C=C/c2ccc(C)cc2)c1. The van der Waals surface area contributed by atoms with Crippen LogP contribution in [0, 0.1) is 6.92 Å². The highest BCUT2D eigenvalue weighted by Crippen LogP contribution is 2.11. The van der Waals surface area contributed by atoms with E-state index < -0.39 is 0 Å². The van der Waals surface area contributed by atoms with Crippen molar-refractivity contribution < 1.29 is 4.79 Å². The van der Waals surface area contributed by atoms with E-state index in [1.165, 1.54) is 11.1 Å². The minimum absolute atomic E-state index is 0.0869. The van der Waals surface area contributed by atoms with Gasteiger partial charge in [-0.15, -0.1) is 0 Å². The van der Waals surface area contributed by atoms with Crippen LogP contribution in [0.15, 0.2) is 54.6 Å². The average molecular weight is 265 g/mol. The van der Waals surface area contributed by atoms with Crippen LogP contribution in [-0.4, -0.2) is 12.3 Å². The van der Waals surface area contributed by atoms with Gasteiger partial charge in [0, 0.05) is 17.8 Å². The minimum Gasteiger partial charge on any atom is -0.382 e. The van der Waals surface area contributed by atoms with Crippen LogP contribution in [0.3, 0.4) is 0 Å². The lowest BCUT2D eigenvalue weighted by molar-refractivity contribution is 0.101. The molecule has 0 aliphatic heterocycles. The molecule has 0 amide bonds. The topological polar surface area (TPSA) is 29.1 Å². The molecule has 102 valence electrons. The molecule has 2 aromatic carbocycles. The van der Waals surface area contributed by atoms with Gasteiger partial charge in [-0.1, -0.05) is 54.1 Å². The Balaban J connectivity index is 1.91. The maximum Gasteiger partial charge on any atom is 0.159 e. The van der Waals surface area contributed by atoms with E-state index in [4.69, 9.17) is 0 Å². The number of benzene rings is 2. The number of hydrogen-bond acceptors (Lipinski definition) is 2. The van der Waals surface area contributed by atoms with Gasteiger partial charge < -0.3 is 5.32 Å². The third-order valence-corrected chi connectivity index (χ3v) is 3.08. The van der Waals surface area contributed by atoms with Crippen molar-refractivity contribution in [2.45, 2.75) is 13.8 Å². The van der Waals surface area contributed by atoms with Crippen molar-refractivity contribution in [2.24, 2.45) is 0 Å². The molecule has 0 saturated carbocycles. The molecule has 0 saturated heterocycles. The lowest BCUT2D eigenvalue weighted by atomic mass is 10.1. The Morgan fingerprint density at radius 3 is 2.60 bits per heavy atom. The Hall–Kier alpha value is -2.35. The highest BCUT2D eigenvalue weighted by Gasteiger charge is 1.98. The largest absolute Gasteiger partial charge is 0.382 e. The van der Waals surface area contributed by atoms with E-state index >= 15 is 0 Å². The van der Waals surface area contributed by atoms with Gasteiger partial charge in [-0.25, -0.2) is 0 Å². The van der Waals surface area contributed by atoms with E-state index in [-0.39, 0.29) is 5.78 Å². The van der Waals surface area contributed by atoms with Gasteiger partial charge in [0.2, 0.25) is 0 Å². The van der Waals surface area contributed by atoms with Crippen molar-refractivity contribution in [3.8, 4) is 0 Å². The Kier molecular flexibility index (Phi) is 4.72. The molecule has 0 atom stereocenters. The maximum atomic E-state index is 11.3. The lowest BCUT2D eigenvalue weighted by Crippen LogP contribution is -2.00. The number of aryl methyl sites for hydroxylation is 1. The van der Waals surface area contributed by atoms with Crippen molar-refractivity contribution in [3.63, 3.8) is 0 Å². The summed E-state index contributed by atoms with van der Waals surface area (Å²) in [5, 5.41) is 3.28. The molecule has 0 unspecified atom stereocenters. The second-order valence-electron chi connectivity index (χ2n) is 4.83. The van der Waals surface area contributed by atoms with Crippen LogP contribution in [0.4, 0.5) is 5.69 Å².